The number of aliphatic hydroxyl groups is 1. The summed E-state index contributed by atoms with van der Waals surface area (Å²) in [6.45, 7) is 3.96. The Balaban J connectivity index is 2.34. The van der Waals surface area contributed by atoms with Crippen LogP contribution in [0.2, 0.25) is 0 Å². The third-order valence-electron chi connectivity index (χ3n) is 2.83. The van der Waals surface area contributed by atoms with Gasteiger partial charge in [0.05, 0.1) is 12.6 Å². The number of hydrogen-bond acceptors (Lipinski definition) is 3. The molecule has 1 amide bonds. The van der Waals surface area contributed by atoms with Gasteiger partial charge in [-0.1, -0.05) is 13.8 Å². The molecule has 0 saturated carbocycles. The van der Waals surface area contributed by atoms with Crippen molar-refractivity contribution in [3.63, 3.8) is 0 Å². The molecule has 0 bridgehead atoms. The fourth-order valence-electron chi connectivity index (χ4n) is 1.88. The fraction of sp³-hybridized carbons (Fsp3) is 0.533. The van der Waals surface area contributed by atoms with Crippen molar-refractivity contribution >= 4 is 17.7 Å². The molecule has 0 heterocycles. The molecule has 1 atom stereocenters. The maximum atomic E-state index is 13.0. The highest BCUT2D eigenvalue weighted by atomic mass is 32.2. The number of rotatable bonds is 8. The van der Waals surface area contributed by atoms with Crippen molar-refractivity contribution in [2.24, 2.45) is 5.92 Å². The molecule has 0 aliphatic rings. The second-order valence-corrected chi connectivity index (χ2v) is 6.42. The number of carbonyl (C=O) groups is 1. The molecule has 21 heavy (non-hydrogen) atoms. The van der Waals surface area contributed by atoms with Gasteiger partial charge in [-0.2, -0.15) is 0 Å². The lowest BCUT2D eigenvalue weighted by Crippen LogP contribution is -2.38. The van der Waals surface area contributed by atoms with Crippen LogP contribution in [-0.4, -0.2) is 29.4 Å². The van der Waals surface area contributed by atoms with E-state index in [1.54, 1.807) is 0 Å². The van der Waals surface area contributed by atoms with Gasteiger partial charge in [-0.05, 0) is 30.5 Å². The van der Waals surface area contributed by atoms with E-state index < -0.39 is 11.6 Å². The van der Waals surface area contributed by atoms with Crippen LogP contribution < -0.4 is 5.32 Å². The predicted molar refractivity (Wildman–Crippen MR) is 80.2 cm³/mol. The predicted octanol–water partition coefficient (Wildman–Crippen LogP) is 2.97. The molecule has 1 rings (SSSR count). The molecule has 0 aliphatic carbocycles. The van der Waals surface area contributed by atoms with Gasteiger partial charge in [0, 0.05) is 17.1 Å². The summed E-state index contributed by atoms with van der Waals surface area (Å²) in [4.78, 5) is 12.3. The minimum atomic E-state index is -0.887. The molecule has 3 nitrogen and oxygen atoms in total. The van der Waals surface area contributed by atoms with E-state index in [-0.39, 0.29) is 25.0 Å². The Morgan fingerprint density at radius 3 is 2.62 bits per heavy atom. The lowest BCUT2D eigenvalue weighted by atomic mass is 10.0. The maximum Gasteiger partial charge on any atom is 0.221 e. The summed E-state index contributed by atoms with van der Waals surface area (Å²) in [5.74, 6) is -1.06. The number of halogens is 2. The van der Waals surface area contributed by atoms with E-state index in [0.29, 0.717) is 16.6 Å². The smallest absolute Gasteiger partial charge is 0.221 e. The molecule has 0 fully saturated rings. The summed E-state index contributed by atoms with van der Waals surface area (Å²) in [6, 6.07) is 3.44. The first-order valence-corrected chi connectivity index (χ1v) is 7.89. The second-order valence-electron chi connectivity index (χ2n) is 5.25. The van der Waals surface area contributed by atoms with Crippen molar-refractivity contribution in [3.05, 3.63) is 29.8 Å². The Bertz CT molecular complexity index is 469. The van der Waals surface area contributed by atoms with E-state index in [1.807, 2.05) is 13.8 Å². The lowest BCUT2D eigenvalue weighted by molar-refractivity contribution is -0.121. The highest BCUT2D eigenvalue weighted by molar-refractivity contribution is 7.99. The Morgan fingerprint density at radius 2 is 2.05 bits per heavy atom. The first-order valence-electron chi connectivity index (χ1n) is 6.90. The van der Waals surface area contributed by atoms with Gasteiger partial charge in [0.25, 0.3) is 0 Å². The van der Waals surface area contributed by atoms with Gasteiger partial charge in [-0.3, -0.25) is 4.79 Å². The van der Waals surface area contributed by atoms with Crippen LogP contribution in [0.25, 0.3) is 0 Å². The first-order chi connectivity index (χ1) is 9.92. The Kier molecular flexibility index (Phi) is 7.67. The summed E-state index contributed by atoms with van der Waals surface area (Å²) in [7, 11) is 0. The maximum absolute atomic E-state index is 13.0. The van der Waals surface area contributed by atoms with Crippen LogP contribution in [0.3, 0.4) is 0 Å². The van der Waals surface area contributed by atoms with Crippen LogP contribution >= 0.6 is 11.8 Å². The molecule has 0 radical (unpaired) electrons. The Hall–Kier alpha value is -1.14. The standard InChI is InChI=1S/C15H21F2NO2S/c1-10(2)7-11(9-19)18-15(20)5-6-21-12-3-4-13(16)14(17)8-12/h3-4,8,10-11,19H,5-7,9H2,1-2H3,(H,18,20). The minimum absolute atomic E-state index is 0.0831. The van der Waals surface area contributed by atoms with E-state index in [4.69, 9.17) is 0 Å². The van der Waals surface area contributed by atoms with E-state index in [2.05, 4.69) is 5.32 Å². The summed E-state index contributed by atoms with van der Waals surface area (Å²) in [6.07, 6.45) is 0.983. The molecular weight excluding hydrogens is 296 g/mol. The van der Waals surface area contributed by atoms with Crippen molar-refractivity contribution < 1.29 is 18.7 Å². The van der Waals surface area contributed by atoms with Crippen LogP contribution in [0.5, 0.6) is 0 Å². The molecule has 118 valence electrons. The van der Waals surface area contributed by atoms with Gasteiger partial charge in [-0.25, -0.2) is 8.78 Å². The third kappa shape index (κ3) is 6.91. The van der Waals surface area contributed by atoms with E-state index in [1.165, 1.54) is 17.8 Å². The Morgan fingerprint density at radius 1 is 1.33 bits per heavy atom. The highest BCUT2D eigenvalue weighted by Crippen LogP contribution is 2.21. The van der Waals surface area contributed by atoms with Gasteiger partial charge < -0.3 is 10.4 Å². The lowest BCUT2D eigenvalue weighted by Gasteiger charge is -2.18. The van der Waals surface area contributed by atoms with Gasteiger partial charge in [0.2, 0.25) is 5.91 Å². The molecule has 0 spiro atoms. The molecule has 0 aromatic heterocycles. The number of benzene rings is 1. The number of hydrogen-bond donors (Lipinski definition) is 2. The van der Waals surface area contributed by atoms with Crippen molar-refractivity contribution in [1.82, 2.24) is 5.32 Å². The molecular formula is C15H21F2NO2S. The average Bonchev–Trinajstić information content (AvgIpc) is 2.41. The Labute approximate surface area is 128 Å². The number of carbonyl (C=O) groups excluding carboxylic acids is 1. The molecule has 1 unspecified atom stereocenters. The molecule has 1 aromatic rings. The zero-order chi connectivity index (χ0) is 15.8. The summed E-state index contributed by atoms with van der Waals surface area (Å²) >= 11 is 1.29. The first kappa shape index (κ1) is 17.9. The third-order valence-corrected chi connectivity index (χ3v) is 3.83. The van der Waals surface area contributed by atoms with Gasteiger partial charge >= 0.3 is 0 Å². The van der Waals surface area contributed by atoms with E-state index in [9.17, 15) is 18.7 Å². The number of nitrogens with one attached hydrogen (secondary N) is 1. The zero-order valence-corrected chi connectivity index (χ0v) is 13.1. The summed E-state index contributed by atoms with van der Waals surface area (Å²) < 4.78 is 25.8. The highest BCUT2D eigenvalue weighted by Gasteiger charge is 2.13. The van der Waals surface area contributed by atoms with Crippen molar-refractivity contribution in [1.29, 1.82) is 0 Å². The normalized spacial score (nSPS) is 12.5. The van der Waals surface area contributed by atoms with Crippen LogP contribution in [0, 0.1) is 17.6 Å². The summed E-state index contributed by atoms with van der Waals surface area (Å²) in [5, 5.41) is 12.0. The largest absolute Gasteiger partial charge is 0.394 e. The number of amides is 1. The van der Waals surface area contributed by atoms with Crippen LogP contribution in [-0.2, 0) is 4.79 Å². The fourth-order valence-corrected chi connectivity index (χ4v) is 2.75. The van der Waals surface area contributed by atoms with Gasteiger partial charge in [0.15, 0.2) is 11.6 Å². The number of thioether (sulfide) groups is 1. The molecule has 0 saturated heterocycles. The van der Waals surface area contributed by atoms with Crippen molar-refractivity contribution in [2.45, 2.75) is 37.6 Å². The quantitative estimate of drug-likeness (QED) is 0.725. The number of aliphatic hydroxyl groups excluding tert-OH is 1. The average molecular weight is 317 g/mol. The summed E-state index contributed by atoms with van der Waals surface area (Å²) in [5.41, 5.74) is 0. The van der Waals surface area contributed by atoms with E-state index in [0.717, 1.165) is 18.6 Å². The topological polar surface area (TPSA) is 49.3 Å². The van der Waals surface area contributed by atoms with Gasteiger partial charge in [0.1, 0.15) is 0 Å². The van der Waals surface area contributed by atoms with E-state index >= 15 is 0 Å². The zero-order valence-electron chi connectivity index (χ0n) is 12.2. The van der Waals surface area contributed by atoms with Crippen LogP contribution in [0.15, 0.2) is 23.1 Å². The van der Waals surface area contributed by atoms with Crippen molar-refractivity contribution in [3.8, 4) is 0 Å². The second kappa shape index (κ2) is 9.00. The molecule has 1 aromatic carbocycles. The molecule has 0 aliphatic heterocycles. The minimum Gasteiger partial charge on any atom is -0.394 e. The molecule has 2 N–H and O–H groups in total. The van der Waals surface area contributed by atoms with Crippen molar-refractivity contribution in [2.75, 3.05) is 12.4 Å². The van der Waals surface area contributed by atoms with Crippen LogP contribution in [0.4, 0.5) is 8.78 Å². The monoisotopic (exact) mass is 317 g/mol. The van der Waals surface area contributed by atoms with Crippen LogP contribution in [0.1, 0.15) is 26.7 Å². The SMILES string of the molecule is CC(C)CC(CO)NC(=O)CCSc1ccc(F)c(F)c1. The van der Waals surface area contributed by atoms with Gasteiger partial charge in [-0.15, -0.1) is 11.8 Å². The molecule has 6 heteroatoms.